The van der Waals surface area contributed by atoms with Crippen LogP contribution in [0.4, 0.5) is 8.78 Å². The van der Waals surface area contributed by atoms with Crippen LogP contribution in [0.5, 0.6) is 0 Å². The van der Waals surface area contributed by atoms with E-state index in [1.54, 1.807) is 0 Å². The van der Waals surface area contributed by atoms with Gasteiger partial charge in [-0.2, -0.15) is 0 Å². The Balaban J connectivity index is 3.51. The maximum atomic E-state index is 11.8. The van der Waals surface area contributed by atoms with Crippen LogP contribution in [0.2, 0.25) is 0 Å². The van der Waals surface area contributed by atoms with Gasteiger partial charge in [0.2, 0.25) is 0 Å². The maximum Gasteiger partial charge on any atom is 0.261 e. The summed E-state index contributed by atoms with van der Waals surface area (Å²) in [5.74, 6) is 0. The predicted octanol–water partition coefficient (Wildman–Crippen LogP) is 2.04. The summed E-state index contributed by atoms with van der Waals surface area (Å²) >= 11 is 0. The van der Waals surface area contributed by atoms with Gasteiger partial charge in [0.05, 0.1) is 6.10 Å². The molecule has 0 aromatic carbocycles. The lowest BCUT2D eigenvalue weighted by atomic mass is 10.2. The second kappa shape index (κ2) is 7.21. The third kappa shape index (κ3) is 8.12. The number of hydrogen-bond acceptors (Lipinski definition) is 2. The van der Waals surface area contributed by atoms with E-state index in [9.17, 15) is 8.78 Å². The molecule has 1 unspecified atom stereocenters. The molecule has 0 aliphatic heterocycles. The minimum absolute atomic E-state index is 0.101. The molecule has 1 N–H and O–H groups in total. The van der Waals surface area contributed by atoms with E-state index >= 15 is 0 Å². The largest absolute Gasteiger partial charge is 0.371 e. The molecular formula is C9H19F2NO. The lowest BCUT2D eigenvalue weighted by Crippen LogP contribution is -2.34. The number of ether oxygens (including phenoxy) is 1. The first kappa shape index (κ1) is 12.8. The van der Waals surface area contributed by atoms with Gasteiger partial charge in [0, 0.05) is 12.6 Å². The Hall–Kier alpha value is -0.220. The standard InChI is InChI=1S/C9H19F2NO/c1-4-8(5-12-7(2)3)13-6-9(10)11/h7-9,12H,4-6H2,1-3H3. The highest BCUT2D eigenvalue weighted by Gasteiger charge is 2.10. The molecule has 0 aromatic heterocycles. The molecule has 0 aliphatic carbocycles. The van der Waals surface area contributed by atoms with Crippen molar-refractivity contribution < 1.29 is 13.5 Å². The Morgan fingerprint density at radius 2 is 1.92 bits per heavy atom. The predicted molar refractivity (Wildman–Crippen MR) is 49.2 cm³/mol. The lowest BCUT2D eigenvalue weighted by Gasteiger charge is -2.18. The van der Waals surface area contributed by atoms with Crippen LogP contribution in [0.25, 0.3) is 0 Å². The third-order valence-corrected chi connectivity index (χ3v) is 1.67. The zero-order valence-electron chi connectivity index (χ0n) is 8.52. The first-order valence-corrected chi connectivity index (χ1v) is 4.69. The Labute approximate surface area is 78.7 Å². The average Bonchev–Trinajstić information content (AvgIpc) is 2.04. The Bertz CT molecular complexity index is 108. The summed E-state index contributed by atoms with van der Waals surface area (Å²) in [6, 6.07) is 0.365. The minimum Gasteiger partial charge on any atom is -0.371 e. The van der Waals surface area contributed by atoms with Crippen molar-refractivity contribution in [1.29, 1.82) is 0 Å². The fourth-order valence-corrected chi connectivity index (χ4v) is 0.897. The van der Waals surface area contributed by atoms with Gasteiger partial charge in [0.25, 0.3) is 6.43 Å². The normalized spacial score (nSPS) is 14.1. The molecule has 0 saturated heterocycles. The van der Waals surface area contributed by atoms with E-state index in [1.165, 1.54) is 0 Å². The van der Waals surface area contributed by atoms with Gasteiger partial charge in [-0.15, -0.1) is 0 Å². The third-order valence-electron chi connectivity index (χ3n) is 1.67. The van der Waals surface area contributed by atoms with Gasteiger partial charge < -0.3 is 10.1 Å². The summed E-state index contributed by atoms with van der Waals surface area (Å²) in [5, 5.41) is 3.15. The molecule has 2 nitrogen and oxygen atoms in total. The fraction of sp³-hybridized carbons (Fsp3) is 1.00. The molecule has 0 aromatic rings. The molecule has 0 bridgehead atoms. The van der Waals surface area contributed by atoms with E-state index in [0.717, 1.165) is 6.42 Å². The van der Waals surface area contributed by atoms with Crippen molar-refractivity contribution in [2.75, 3.05) is 13.2 Å². The molecule has 1 atom stereocenters. The maximum absolute atomic E-state index is 11.8. The molecule has 13 heavy (non-hydrogen) atoms. The van der Waals surface area contributed by atoms with Crippen molar-refractivity contribution in [3.63, 3.8) is 0 Å². The average molecular weight is 195 g/mol. The second-order valence-electron chi connectivity index (χ2n) is 3.32. The molecule has 0 rings (SSSR count). The van der Waals surface area contributed by atoms with E-state index in [4.69, 9.17) is 4.74 Å². The van der Waals surface area contributed by atoms with E-state index in [-0.39, 0.29) is 6.10 Å². The number of rotatable bonds is 7. The first-order valence-electron chi connectivity index (χ1n) is 4.69. The topological polar surface area (TPSA) is 21.3 Å². The number of hydrogen-bond donors (Lipinski definition) is 1. The van der Waals surface area contributed by atoms with Crippen molar-refractivity contribution >= 4 is 0 Å². The highest BCUT2D eigenvalue weighted by Crippen LogP contribution is 2.01. The van der Waals surface area contributed by atoms with E-state index in [0.29, 0.717) is 12.6 Å². The van der Waals surface area contributed by atoms with Crippen molar-refractivity contribution in [2.24, 2.45) is 0 Å². The van der Waals surface area contributed by atoms with Crippen LogP contribution < -0.4 is 5.32 Å². The van der Waals surface area contributed by atoms with Gasteiger partial charge in [-0.25, -0.2) is 8.78 Å². The van der Waals surface area contributed by atoms with Gasteiger partial charge in [0.1, 0.15) is 6.61 Å². The second-order valence-corrected chi connectivity index (χ2v) is 3.32. The Kier molecular flexibility index (Phi) is 7.09. The fourth-order valence-electron chi connectivity index (χ4n) is 0.897. The summed E-state index contributed by atoms with van der Waals surface area (Å²) < 4.78 is 28.6. The van der Waals surface area contributed by atoms with Crippen LogP contribution in [0.1, 0.15) is 27.2 Å². The molecule has 80 valence electrons. The molecular weight excluding hydrogens is 176 g/mol. The van der Waals surface area contributed by atoms with E-state index in [1.807, 2.05) is 20.8 Å². The van der Waals surface area contributed by atoms with Crippen LogP contribution >= 0.6 is 0 Å². The van der Waals surface area contributed by atoms with Crippen LogP contribution in [0.3, 0.4) is 0 Å². The van der Waals surface area contributed by atoms with Crippen LogP contribution in [0.15, 0.2) is 0 Å². The smallest absolute Gasteiger partial charge is 0.261 e. The molecule has 0 aliphatic rings. The molecule has 0 radical (unpaired) electrons. The number of alkyl halides is 2. The summed E-state index contributed by atoms with van der Waals surface area (Å²) in [6.07, 6.45) is -1.71. The molecule has 0 saturated carbocycles. The number of halogens is 2. The van der Waals surface area contributed by atoms with Gasteiger partial charge in [-0.3, -0.25) is 0 Å². The summed E-state index contributed by atoms with van der Waals surface area (Å²) in [4.78, 5) is 0. The summed E-state index contributed by atoms with van der Waals surface area (Å²) in [5.41, 5.74) is 0. The zero-order chi connectivity index (χ0) is 10.3. The van der Waals surface area contributed by atoms with Gasteiger partial charge in [-0.05, 0) is 6.42 Å². The van der Waals surface area contributed by atoms with Crippen LogP contribution in [0, 0.1) is 0 Å². The highest BCUT2D eigenvalue weighted by molar-refractivity contribution is 4.62. The highest BCUT2D eigenvalue weighted by atomic mass is 19.3. The van der Waals surface area contributed by atoms with Crippen LogP contribution in [-0.2, 0) is 4.74 Å². The summed E-state index contributed by atoms with van der Waals surface area (Å²) in [7, 11) is 0. The lowest BCUT2D eigenvalue weighted by molar-refractivity contribution is -0.0249. The molecule has 0 spiro atoms. The first-order chi connectivity index (χ1) is 6.06. The zero-order valence-corrected chi connectivity index (χ0v) is 8.52. The Morgan fingerprint density at radius 1 is 1.31 bits per heavy atom. The monoisotopic (exact) mass is 195 g/mol. The van der Waals surface area contributed by atoms with Crippen molar-refractivity contribution in [3.05, 3.63) is 0 Å². The van der Waals surface area contributed by atoms with Crippen molar-refractivity contribution in [2.45, 2.75) is 45.8 Å². The number of nitrogens with one attached hydrogen (secondary N) is 1. The van der Waals surface area contributed by atoms with Crippen molar-refractivity contribution in [1.82, 2.24) is 5.32 Å². The van der Waals surface area contributed by atoms with Gasteiger partial charge in [-0.1, -0.05) is 20.8 Å². The quantitative estimate of drug-likeness (QED) is 0.671. The molecule has 0 amide bonds. The van der Waals surface area contributed by atoms with Crippen molar-refractivity contribution in [3.8, 4) is 0 Å². The van der Waals surface area contributed by atoms with E-state index in [2.05, 4.69) is 5.32 Å². The molecule has 0 fully saturated rings. The van der Waals surface area contributed by atoms with Gasteiger partial charge in [0.15, 0.2) is 0 Å². The molecule has 4 heteroatoms. The van der Waals surface area contributed by atoms with Crippen LogP contribution in [-0.4, -0.2) is 31.7 Å². The summed E-state index contributed by atoms with van der Waals surface area (Å²) in [6.45, 7) is 6.14. The SMILES string of the molecule is CCC(CNC(C)C)OCC(F)F. The molecule has 0 heterocycles. The van der Waals surface area contributed by atoms with Gasteiger partial charge >= 0.3 is 0 Å². The Morgan fingerprint density at radius 3 is 2.31 bits per heavy atom. The van der Waals surface area contributed by atoms with E-state index < -0.39 is 13.0 Å². The minimum atomic E-state index is -2.37.